The Hall–Kier alpha value is -4.83. The zero-order valence-corrected chi connectivity index (χ0v) is 27.6. The summed E-state index contributed by atoms with van der Waals surface area (Å²) in [6.45, 7) is -0.233. The number of carboxylic acid groups (broad SMARTS) is 1. The Labute approximate surface area is 285 Å². The number of aromatic hydroxyl groups is 1. The molecule has 2 amide bonds. The van der Waals surface area contributed by atoms with Crippen molar-refractivity contribution in [2.75, 3.05) is 13.7 Å². The van der Waals surface area contributed by atoms with Gasteiger partial charge in [-0.1, -0.05) is 72.3 Å². The molecular formula is C38H32BrNO8. The third-order valence-electron chi connectivity index (χ3n) is 10.6. The SMILES string of the molecule is COc1cc([C@H]2C3=CC[C@@H]4C(=O)N(CCC(=O)O)C(=O)[C@@H]4[C@@H]3C[C@H]3C(=O)C(c4ccccc4)=CC(=O)[C@@]23c2ccccc2)cc(Br)c1O. The van der Waals surface area contributed by atoms with Gasteiger partial charge < -0.3 is 14.9 Å². The minimum absolute atomic E-state index is 0.125. The van der Waals surface area contributed by atoms with E-state index in [9.17, 15) is 29.4 Å². The van der Waals surface area contributed by atoms with Gasteiger partial charge in [0.2, 0.25) is 11.8 Å². The van der Waals surface area contributed by atoms with E-state index in [0.29, 0.717) is 21.2 Å². The van der Waals surface area contributed by atoms with Crippen LogP contribution < -0.4 is 4.74 Å². The lowest BCUT2D eigenvalue weighted by Gasteiger charge is -2.55. The number of likely N-dealkylation sites (tertiary alicyclic amines) is 1. The molecule has 1 aliphatic heterocycles. The highest BCUT2D eigenvalue weighted by atomic mass is 79.9. The summed E-state index contributed by atoms with van der Waals surface area (Å²) in [6.07, 6.45) is 3.37. The summed E-state index contributed by atoms with van der Waals surface area (Å²) in [5, 5.41) is 20.1. The van der Waals surface area contributed by atoms with Crippen molar-refractivity contribution in [3.8, 4) is 11.5 Å². The summed E-state index contributed by atoms with van der Waals surface area (Å²) in [5.41, 5.74) is 1.47. The first-order valence-electron chi connectivity index (χ1n) is 15.8. The number of methoxy groups -OCH3 is 1. The van der Waals surface area contributed by atoms with Crippen molar-refractivity contribution < 1.29 is 38.9 Å². The molecule has 244 valence electrons. The molecule has 7 rings (SSSR count). The molecule has 3 aromatic rings. The summed E-state index contributed by atoms with van der Waals surface area (Å²) in [6, 6.07) is 21.6. The number of imide groups is 1. The van der Waals surface area contributed by atoms with Crippen LogP contribution in [-0.4, -0.2) is 58.1 Å². The van der Waals surface area contributed by atoms with Crippen molar-refractivity contribution >= 4 is 50.9 Å². The van der Waals surface area contributed by atoms with Gasteiger partial charge in [0.1, 0.15) is 0 Å². The lowest BCUT2D eigenvalue weighted by molar-refractivity contribution is -0.142. The summed E-state index contributed by atoms with van der Waals surface area (Å²) in [7, 11) is 1.42. The number of halogens is 1. The normalized spacial score (nSPS) is 27.9. The number of Topliss-reactive ketones (excluding diaryl/α,β-unsaturated/α-hetero) is 1. The predicted molar refractivity (Wildman–Crippen MR) is 178 cm³/mol. The van der Waals surface area contributed by atoms with Crippen LogP contribution in [0.15, 0.2) is 95.0 Å². The molecule has 4 aliphatic rings. The molecule has 0 aromatic heterocycles. The average molecular weight is 711 g/mol. The van der Waals surface area contributed by atoms with E-state index in [2.05, 4.69) is 15.9 Å². The molecule has 0 radical (unpaired) electrons. The second-order valence-corrected chi connectivity index (χ2v) is 13.7. The molecule has 2 fully saturated rings. The third kappa shape index (κ3) is 4.68. The zero-order valence-electron chi connectivity index (χ0n) is 26.0. The second kappa shape index (κ2) is 12.0. The molecule has 6 atom stereocenters. The third-order valence-corrected chi connectivity index (χ3v) is 11.2. The van der Waals surface area contributed by atoms with Gasteiger partial charge in [0.05, 0.1) is 35.3 Å². The predicted octanol–water partition coefficient (Wildman–Crippen LogP) is 5.46. The van der Waals surface area contributed by atoms with Crippen LogP contribution in [0.25, 0.3) is 5.57 Å². The maximum absolute atomic E-state index is 15.1. The first-order chi connectivity index (χ1) is 23.1. The van der Waals surface area contributed by atoms with Gasteiger partial charge in [-0.05, 0) is 69.6 Å². The highest BCUT2D eigenvalue weighted by molar-refractivity contribution is 9.10. The molecule has 48 heavy (non-hydrogen) atoms. The fourth-order valence-corrected chi connectivity index (χ4v) is 9.12. The largest absolute Gasteiger partial charge is 0.503 e. The number of phenolic OH excluding ortho intramolecular Hbond substituents is 1. The van der Waals surface area contributed by atoms with Crippen LogP contribution >= 0.6 is 15.9 Å². The molecule has 2 N–H and O–H groups in total. The van der Waals surface area contributed by atoms with Crippen LogP contribution in [0.5, 0.6) is 11.5 Å². The number of aliphatic carboxylic acids is 1. The number of carbonyl (C=O) groups is 5. The van der Waals surface area contributed by atoms with E-state index in [1.165, 1.54) is 13.2 Å². The van der Waals surface area contributed by atoms with Gasteiger partial charge in [0.25, 0.3) is 0 Å². The molecule has 0 bridgehead atoms. The van der Waals surface area contributed by atoms with Gasteiger partial charge in [0, 0.05) is 24.0 Å². The Morgan fingerprint density at radius 1 is 0.979 bits per heavy atom. The van der Waals surface area contributed by atoms with Gasteiger partial charge in [-0.3, -0.25) is 28.9 Å². The minimum Gasteiger partial charge on any atom is -0.503 e. The number of ether oxygens (including phenoxy) is 1. The fraction of sp³-hybridized carbons (Fsp3) is 0.289. The van der Waals surface area contributed by atoms with Crippen molar-refractivity contribution in [3.63, 3.8) is 0 Å². The van der Waals surface area contributed by atoms with Crippen LogP contribution in [0.3, 0.4) is 0 Å². The number of fused-ring (bicyclic) bond motifs is 4. The van der Waals surface area contributed by atoms with Gasteiger partial charge >= 0.3 is 5.97 Å². The van der Waals surface area contributed by atoms with Crippen LogP contribution in [-0.2, 0) is 29.4 Å². The lowest BCUT2D eigenvalue weighted by Crippen LogP contribution is -2.58. The van der Waals surface area contributed by atoms with Crippen LogP contribution in [0, 0.1) is 23.7 Å². The number of carboxylic acids is 1. The van der Waals surface area contributed by atoms with E-state index in [4.69, 9.17) is 4.74 Å². The molecule has 0 unspecified atom stereocenters. The minimum atomic E-state index is -1.43. The summed E-state index contributed by atoms with van der Waals surface area (Å²) in [5.74, 6) is -6.26. The molecule has 10 heteroatoms. The average Bonchev–Trinajstić information content (AvgIpc) is 3.34. The number of carbonyl (C=O) groups excluding carboxylic acids is 4. The smallest absolute Gasteiger partial charge is 0.305 e. The molecule has 9 nitrogen and oxygen atoms in total. The van der Waals surface area contributed by atoms with E-state index in [1.807, 2.05) is 42.5 Å². The highest BCUT2D eigenvalue weighted by Gasteiger charge is 2.66. The molecule has 3 aliphatic carbocycles. The van der Waals surface area contributed by atoms with Crippen molar-refractivity contribution in [1.82, 2.24) is 4.90 Å². The lowest BCUT2D eigenvalue weighted by atomic mass is 9.44. The van der Waals surface area contributed by atoms with Gasteiger partial charge in [0.15, 0.2) is 23.1 Å². The van der Waals surface area contributed by atoms with Gasteiger partial charge in [-0.2, -0.15) is 0 Å². The number of ketones is 2. The Morgan fingerprint density at radius 2 is 1.67 bits per heavy atom. The summed E-state index contributed by atoms with van der Waals surface area (Å²) < 4.78 is 5.86. The first kappa shape index (κ1) is 31.8. The second-order valence-electron chi connectivity index (χ2n) is 12.8. The molecule has 1 saturated carbocycles. The van der Waals surface area contributed by atoms with E-state index in [0.717, 1.165) is 10.5 Å². The first-order valence-corrected chi connectivity index (χ1v) is 16.6. The van der Waals surface area contributed by atoms with Crippen LogP contribution in [0.2, 0.25) is 0 Å². The van der Waals surface area contributed by atoms with Crippen LogP contribution in [0.1, 0.15) is 41.9 Å². The molecular weight excluding hydrogens is 678 g/mol. The van der Waals surface area contributed by atoms with Crippen molar-refractivity contribution in [3.05, 3.63) is 112 Å². The van der Waals surface area contributed by atoms with Gasteiger partial charge in [-0.15, -0.1) is 0 Å². The molecule has 1 heterocycles. The number of benzene rings is 3. The Balaban J connectivity index is 1.49. The Morgan fingerprint density at radius 3 is 2.33 bits per heavy atom. The van der Waals surface area contributed by atoms with E-state index in [-0.39, 0.29) is 54.4 Å². The monoisotopic (exact) mass is 709 g/mol. The quantitative estimate of drug-likeness (QED) is 0.244. The number of nitrogens with zero attached hydrogens (tertiary/aromatic N) is 1. The molecule has 0 spiro atoms. The molecule has 1 saturated heterocycles. The number of allylic oxidation sites excluding steroid dienone is 4. The number of rotatable bonds is 7. The number of hydrogen-bond donors (Lipinski definition) is 2. The van der Waals surface area contributed by atoms with Crippen molar-refractivity contribution in [2.45, 2.75) is 30.6 Å². The molecule has 3 aromatic carbocycles. The maximum atomic E-state index is 15.1. The Kier molecular flexibility index (Phi) is 7.94. The van der Waals surface area contributed by atoms with Gasteiger partial charge in [-0.25, -0.2) is 0 Å². The maximum Gasteiger partial charge on any atom is 0.305 e. The topological polar surface area (TPSA) is 138 Å². The summed E-state index contributed by atoms with van der Waals surface area (Å²) >= 11 is 3.45. The van der Waals surface area contributed by atoms with Crippen molar-refractivity contribution in [1.29, 1.82) is 0 Å². The van der Waals surface area contributed by atoms with E-state index < -0.39 is 52.8 Å². The number of phenols is 1. The van der Waals surface area contributed by atoms with E-state index in [1.54, 1.807) is 36.4 Å². The number of hydrogen-bond acceptors (Lipinski definition) is 7. The van der Waals surface area contributed by atoms with Crippen LogP contribution in [0.4, 0.5) is 0 Å². The summed E-state index contributed by atoms with van der Waals surface area (Å²) in [4.78, 5) is 70.1. The fourth-order valence-electron chi connectivity index (χ4n) is 8.66. The number of amides is 2. The van der Waals surface area contributed by atoms with E-state index >= 15 is 4.79 Å². The standard InChI is InChI=1S/C38H32BrNO8/c1-48-29-17-21(16-28(39)35(29)45)33-23-12-13-24-32(37(47)40(36(24)46)15-14-31(42)43)26(23)18-27-34(44)25(20-8-4-2-5-9-20)19-30(41)38(27,33)22-10-6-3-7-11-22/h2-12,16-17,19,24,26-27,32-33,45H,13-15,18H2,1H3,(H,42,43)/t24-,26+,27-,32-,33-,38-/m0/s1. The van der Waals surface area contributed by atoms with Crippen molar-refractivity contribution in [2.24, 2.45) is 23.7 Å². The zero-order chi connectivity index (χ0) is 33.9. The Bertz CT molecular complexity index is 1940. The highest BCUT2D eigenvalue weighted by Crippen LogP contribution is 2.64.